The lowest BCUT2D eigenvalue weighted by Gasteiger charge is -2.33. The first kappa shape index (κ1) is 11.2. The molecule has 1 saturated heterocycles. The number of imide groups is 1. The third-order valence-electron chi connectivity index (χ3n) is 2.70. The monoisotopic (exact) mass is 199 g/mol. The highest BCUT2D eigenvalue weighted by Crippen LogP contribution is 2.28. The van der Waals surface area contributed by atoms with Crippen LogP contribution < -0.4 is 0 Å². The van der Waals surface area contributed by atoms with Crippen molar-refractivity contribution in [3.8, 4) is 0 Å². The van der Waals surface area contributed by atoms with Gasteiger partial charge in [0.25, 0.3) is 0 Å². The SMILES string of the molecule is CC1CC(=O)N(C(C)(C)CCO)C1=O. The predicted octanol–water partition coefficient (Wildman–Crippen LogP) is 0.542. The van der Waals surface area contributed by atoms with Gasteiger partial charge in [0, 0.05) is 24.5 Å². The molecule has 1 atom stereocenters. The highest BCUT2D eigenvalue weighted by molar-refractivity contribution is 6.04. The van der Waals surface area contributed by atoms with Gasteiger partial charge in [-0.1, -0.05) is 6.92 Å². The molecule has 1 fully saturated rings. The van der Waals surface area contributed by atoms with Gasteiger partial charge in [-0.3, -0.25) is 14.5 Å². The summed E-state index contributed by atoms with van der Waals surface area (Å²) >= 11 is 0. The van der Waals surface area contributed by atoms with Gasteiger partial charge >= 0.3 is 0 Å². The molecule has 0 radical (unpaired) electrons. The van der Waals surface area contributed by atoms with E-state index in [0.717, 1.165) is 0 Å². The molecular weight excluding hydrogens is 182 g/mol. The van der Waals surface area contributed by atoms with Crippen molar-refractivity contribution >= 4 is 11.8 Å². The second kappa shape index (κ2) is 3.69. The van der Waals surface area contributed by atoms with Crippen molar-refractivity contribution in [2.75, 3.05) is 6.61 Å². The molecular formula is C10H17NO3. The van der Waals surface area contributed by atoms with Gasteiger partial charge in [0.2, 0.25) is 11.8 Å². The fourth-order valence-electron chi connectivity index (χ4n) is 1.81. The Labute approximate surface area is 83.9 Å². The molecule has 0 aromatic heterocycles. The van der Waals surface area contributed by atoms with Gasteiger partial charge in [0.1, 0.15) is 0 Å². The summed E-state index contributed by atoms with van der Waals surface area (Å²) in [5.41, 5.74) is -0.562. The lowest BCUT2D eigenvalue weighted by molar-refractivity contribution is -0.145. The lowest BCUT2D eigenvalue weighted by atomic mass is 9.99. The zero-order valence-corrected chi connectivity index (χ0v) is 8.91. The van der Waals surface area contributed by atoms with Crippen LogP contribution >= 0.6 is 0 Å². The van der Waals surface area contributed by atoms with Gasteiger partial charge in [0.15, 0.2) is 0 Å². The van der Waals surface area contributed by atoms with Crippen LogP contribution in [0.4, 0.5) is 0 Å². The Balaban J connectivity index is 2.86. The van der Waals surface area contributed by atoms with E-state index < -0.39 is 5.54 Å². The Morgan fingerprint density at radius 1 is 1.50 bits per heavy atom. The molecule has 1 N–H and O–H groups in total. The molecule has 0 aromatic carbocycles. The maximum atomic E-state index is 11.7. The zero-order chi connectivity index (χ0) is 10.9. The van der Waals surface area contributed by atoms with E-state index in [-0.39, 0.29) is 24.3 Å². The maximum Gasteiger partial charge on any atom is 0.233 e. The highest BCUT2D eigenvalue weighted by Gasteiger charge is 2.43. The van der Waals surface area contributed by atoms with Crippen LogP contribution in [0, 0.1) is 5.92 Å². The number of aliphatic hydroxyl groups is 1. The van der Waals surface area contributed by atoms with Crippen LogP contribution in [0.1, 0.15) is 33.6 Å². The lowest BCUT2D eigenvalue weighted by Crippen LogP contribution is -2.48. The standard InChI is InChI=1S/C10H17NO3/c1-7-6-8(13)11(9(7)14)10(2,3)4-5-12/h7,12H,4-6H2,1-3H3. The number of carbonyl (C=O) groups is 2. The number of likely N-dealkylation sites (tertiary alicyclic amines) is 1. The van der Waals surface area contributed by atoms with Crippen molar-refractivity contribution in [2.24, 2.45) is 5.92 Å². The Morgan fingerprint density at radius 2 is 2.07 bits per heavy atom. The van der Waals surface area contributed by atoms with Gasteiger partial charge in [0.05, 0.1) is 0 Å². The summed E-state index contributed by atoms with van der Waals surface area (Å²) in [6.45, 7) is 5.35. The third kappa shape index (κ3) is 1.80. The molecule has 14 heavy (non-hydrogen) atoms. The molecule has 1 rings (SSSR count). The molecule has 4 nitrogen and oxygen atoms in total. The summed E-state index contributed by atoms with van der Waals surface area (Å²) in [5, 5.41) is 8.85. The van der Waals surface area contributed by atoms with Crippen LogP contribution in [-0.4, -0.2) is 34.0 Å². The minimum Gasteiger partial charge on any atom is -0.396 e. The van der Waals surface area contributed by atoms with Gasteiger partial charge in [-0.15, -0.1) is 0 Å². The second-order valence-electron chi connectivity index (χ2n) is 4.46. The Morgan fingerprint density at radius 3 is 2.43 bits per heavy atom. The summed E-state index contributed by atoms with van der Waals surface area (Å²) < 4.78 is 0. The van der Waals surface area contributed by atoms with Crippen molar-refractivity contribution in [1.82, 2.24) is 4.90 Å². The molecule has 80 valence electrons. The van der Waals surface area contributed by atoms with E-state index in [1.807, 2.05) is 0 Å². The molecule has 0 aliphatic carbocycles. The quantitative estimate of drug-likeness (QED) is 0.675. The molecule has 1 heterocycles. The van der Waals surface area contributed by atoms with Crippen molar-refractivity contribution in [3.05, 3.63) is 0 Å². The van der Waals surface area contributed by atoms with E-state index in [9.17, 15) is 9.59 Å². The summed E-state index contributed by atoms with van der Waals surface area (Å²) in [6, 6.07) is 0. The molecule has 0 saturated carbocycles. The topological polar surface area (TPSA) is 57.6 Å². The van der Waals surface area contributed by atoms with Crippen LogP contribution in [-0.2, 0) is 9.59 Å². The molecule has 4 heteroatoms. The maximum absolute atomic E-state index is 11.7. The molecule has 0 spiro atoms. The van der Waals surface area contributed by atoms with Crippen LogP contribution in [0.5, 0.6) is 0 Å². The first-order valence-electron chi connectivity index (χ1n) is 4.88. The van der Waals surface area contributed by atoms with Crippen LogP contribution in [0.25, 0.3) is 0 Å². The van der Waals surface area contributed by atoms with Gasteiger partial charge < -0.3 is 5.11 Å². The second-order valence-corrected chi connectivity index (χ2v) is 4.46. The number of hydrogen-bond donors (Lipinski definition) is 1. The number of hydrogen-bond acceptors (Lipinski definition) is 3. The van der Waals surface area contributed by atoms with E-state index in [1.54, 1.807) is 20.8 Å². The molecule has 1 aliphatic heterocycles. The van der Waals surface area contributed by atoms with Crippen molar-refractivity contribution in [3.63, 3.8) is 0 Å². The summed E-state index contributed by atoms with van der Waals surface area (Å²) in [4.78, 5) is 24.5. The van der Waals surface area contributed by atoms with Crippen molar-refractivity contribution in [1.29, 1.82) is 0 Å². The number of amides is 2. The van der Waals surface area contributed by atoms with Crippen LogP contribution in [0.15, 0.2) is 0 Å². The van der Waals surface area contributed by atoms with Crippen LogP contribution in [0.3, 0.4) is 0 Å². The highest BCUT2D eigenvalue weighted by atomic mass is 16.3. The van der Waals surface area contributed by atoms with E-state index in [0.29, 0.717) is 12.8 Å². The Hall–Kier alpha value is -0.900. The number of carbonyl (C=O) groups excluding carboxylic acids is 2. The largest absolute Gasteiger partial charge is 0.396 e. The first-order valence-corrected chi connectivity index (χ1v) is 4.88. The summed E-state index contributed by atoms with van der Waals surface area (Å²) in [7, 11) is 0. The van der Waals surface area contributed by atoms with Crippen LogP contribution in [0.2, 0.25) is 0 Å². The van der Waals surface area contributed by atoms with E-state index in [1.165, 1.54) is 4.90 Å². The van der Waals surface area contributed by atoms with Crippen molar-refractivity contribution < 1.29 is 14.7 Å². The van der Waals surface area contributed by atoms with E-state index >= 15 is 0 Å². The van der Waals surface area contributed by atoms with E-state index in [4.69, 9.17) is 5.11 Å². The van der Waals surface area contributed by atoms with Gasteiger partial charge in [-0.2, -0.15) is 0 Å². The fourth-order valence-corrected chi connectivity index (χ4v) is 1.81. The first-order chi connectivity index (χ1) is 6.40. The Bertz CT molecular complexity index is 260. The zero-order valence-electron chi connectivity index (χ0n) is 8.91. The number of aliphatic hydroxyl groups excluding tert-OH is 1. The van der Waals surface area contributed by atoms with Crippen molar-refractivity contribution in [2.45, 2.75) is 39.2 Å². The molecule has 0 aromatic rings. The molecule has 1 aliphatic rings. The Kier molecular flexibility index (Phi) is 2.95. The number of rotatable bonds is 3. The summed E-state index contributed by atoms with van der Waals surface area (Å²) in [5.74, 6) is -0.449. The number of nitrogens with zero attached hydrogens (tertiary/aromatic N) is 1. The van der Waals surface area contributed by atoms with Gasteiger partial charge in [-0.25, -0.2) is 0 Å². The summed E-state index contributed by atoms with van der Waals surface area (Å²) in [6.07, 6.45) is 0.727. The smallest absolute Gasteiger partial charge is 0.233 e. The fraction of sp³-hybridized carbons (Fsp3) is 0.800. The predicted molar refractivity (Wildman–Crippen MR) is 51.4 cm³/mol. The van der Waals surface area contributed by atoms with E-state index in [2.05, 4.69) is 0 Å². The minimum absolute atomic E-state index is 0.0154. The average Bonchev–Trinajstić information content (AvgIpc) is 2.26. The normalized spacial score (nSPS) is 23.4. The van der Waals surface area contributed by atoms with Gasteiger partial charge in [-0.05, 0) is 20.3 Å². The average molecular weight is 199 g/mol. The third-order valence-corrected chi connectivity index (χ3v) is 2.70. The molecule has 1 unspecified atom stereocenters. The minimum atomic E-state index is -0.562. The molecule has 2 amide bonds. The molecule has 0 bridgehead atoms.